The summed E-state index contributed by atoms with van der Waals surface area (Å²) in [5.74, 6) is 1.21. The van der Waals surface area contributed by atoms with Crippen LogP contribution in [-0.4, -0.2) is 43.4 Å². The van der Waals surface area contributed by atoms with Gasteiger partial charge in [-0.3, -0.25) is 0 Å². The lowest BCUT2D eigenvalue weighted by molar-refractivity contribution is 0.171. The van der Waals surface area contributed by atoms with Crippen molar-refractivity contribution in [2.45, 2.75) is 0 Å². The summed E-state index contributed by atoms with van der Waals surface area (Å²) in [5, 5.41) is 8.61. The van der Waals surface area contributed by atoms with Gasteiger partial charge in [-0.1, -0.05) is 18.2 Å². The zero-order valence-electron chi connectivity index (χ0n) is 15.7. The van der Waals surface area contributed by atoms with E-state index in [0.717, 1.165) is 11.3 Å². The van der Waals surface area contributed by atoms with Crippen molar-refractivity contribution >= 4 is 12.3 Å². The van der Waals surface area contributed by atoms with E-state index in [4.69, 9.17) is 9.47 Å². The molecule has 3 rings (SSSR count). The summed E-state index contributed by atoms with van der Waals surface area (Å²) in [6.07, 6.45) is 2.68. The molecule has 0 saturated carbocycles. The highest BCUT2D eigenvalue weighted by molar-refractivity contribution is 5.89. The van der Waals surface area contributed by atoms with Crippen molar-refractivity contribution in [1.82, 2.24) is 15.2 Å². The maximum atomic E-state index is 11.2. The molecule has 0 fully saturated rings. The highest BCUT2D eigenvalue weighted by Crippen LogP contribution is 2.33. The van der Waals surface area contributed by atoms with Gasteiger partial charge >= 0.3 is 6.09 Å². The molecule has 8 nitrogen and oxygen atoms in total. The van der Waals surface area contributed by atoms with Gasteiger partial charge in [0.2, 0.25) is 0 Å². The minimum absolute atomic E-state index is 0.588. The Hall–Kier alpha value is -3.81. The number of carbonyl (C=O) groups is 1. The summed E-state index contributed by atoms with van der Waals surface area (Å²) < 4.78 is 16.9. The molecule has 3 aromatic rings. The van der Waals surface area contributed by atoms with Gasteiger partial charge in [-0.15, -0.1) is 0 Å². The maximum Gasteiger partial charge on any atom is 0.427 e. The van der Waals surface area contributed by atoms with E-state index in [1.807, 2.05) is 54.7 Å². The largest absolute Gasteiger partial charge is 0.493 e. The predicted molar refractivity (Wildman–Crippen MR) is 105 cm³/mol. The number of nitrogens with zero attached hydrogens (tertiary/aromatic N) is 3. The monoisotopic (exact) mass is 380 g/mol. The van der Waals surface area contributed by atoms with Crippen molar-refractivity contribution in [3.05, 3.63) is 60.3 Å². The fraction of sp³-hybridized carbons (Fsp3) is 0.150. The molecule has 0 bridgehead atoms. The SMILES string of the molecule is COC(=O)NN=Cc1cn(-c2ccccc2)nc1-c1ccc(OC)c(OC)c1. The Balaban J connectivity index is 2.05. The number of nitrogens with one attached hydrogen (secondary N) is 1. The highest BCUT2D eigenvalue weighted by atomic mass is 16.5. The molecule has 144 valence electrons. The Morgan fingerprint density at radius 3 is 2.50 bits per heavy atom. The summed E-state index contributed by atoms with van der Waals surface area (Å²) in [6, 6.07) is 15.2. The van der Waals surface area contributed by atoms with Crippen LogP contribution in [0, 0.1) is 0 Å². The highest BCUT2D eigenvalue weighted by Gasteiger charge is 2.14. The lowest BCUT2D eigenvalue weighted by Gasteiger charge is -2.09. The van der Waals surface area contributed by atoms with Crippen LogP contribution in [-0.2, 0) is 4.74 Å². The van der Waals surface area contributed by atoms with E-state index in [1.165, 1.54) is 13.3 Å². The molecule has 1 amide bonds. The van der Waals surface area contributed by atoms with Crippen LogP contribution in [0.2, 0.25) is 0 Å². The molecule has 0 atom stereocenters. The van der Waals surface area contributed by atoms with Gasteiger partial charge < -0.3 is 14.2 Å². The molecule has 1 heterocycles. The van der Waals surface area contributed by atoms with Crippen molar-refractivity contribution in [2.24, 2.45) is 5.10 Å². The predicted octanol–water partition coefficient (Wildman–Crippen LogP) is 3.25. The third kappa shape index (κ3) is 4.12. The summed E-state index contributed by atoms with van der Waals surface area (Å²) in [4.78, 5) is 11.2. The van der Waals surface area contributed by atoms with Crippen LogP contribution >= 0.6 is 0 Å². The number of rotatable bonds is 6. The lowest BCUT2D eigenvalue weighted by Crippen LogP contribution is -2.16. The van der Waals surface area contributed by atoms with Crippen LogP contribution in [0.4, 0.5) is 4.79 Å². The minimum atomic E-state index is -0.653. The second-order valence-electron chi connectivity index (χ2n) is 5.64. The second kappa shape index (κ2) is 8.72. The Morgan fingerprint density at radius 1 is 1.07 bits per heavy atom. The number of methoxy groups -OCH3 is 3. The van der Waals surface area contributed by atoms with Crippen LogP contribution < -0.4 is 14.9 Å². The molecular formula is C20H20N4O4. The molecule has 8 heteroatoms. The Morgan fingerprint density at radius 2 is 1.82 bits per heavy atom. The number of aromatic nitrogens is 2. The molecule has 0 aliphatic rings. The lowest BCUT2D eigenvalue weighted by atomic mass is 10.1. The smallest absolute Gasteiger partial charge is 0.427 e. The van der Waals surface area contributed by atoms with Gasteiger partial charge in [-0.2, -0.15) is 10.2 Å². The van der Waals surface area contributed by atoms with Crippen molar-refractivity contribution in [3.8, 4) is 28.4 Å². The quantitative estimate of drug-likeness (QED) is 0.524. The molecule has 2 aromatic carbocycles. The number of hydrazone groups is 1. The molecule has 0 unspecified atom stereocenters. The summed E-state index contributed by atoms with van der Waals surface area (Å²) in [5.41, 5.74) is 5.35. The Kier molecular flexibility index (Phi) is 5.91. The molecule has 0 spiro atoms. The van der Waals surface area contributed by atoms with Crippen molar-refractivity contribution < 1.29 is 19.0 Å². The number of hydrogen-bond acceptors (Lipinski definition) is 6. The number of amides is 1. The third-order valence-electron chi connectivity index (χ3n) is 3.97. The molecule has 1 N–H and O–H groups in total. The van der Waals surface area contributed by atoms with E-state index >= 15 is 0 Å². The molecular weight excluding hydrogens is 360 g/mol. The first kappa shape index (κ1) is 19.0. The molecule has 0 saturated heterocycles. The summed E-state index contributed by atoms with van der Waals surface area (Å²) in [6.45, 7) is 0. The molecule has 28 heavy (non-hydrogen) atoms. The maximum absolute atomic E-state index is 11.2. The normalized spacial score (nSPS) is 10.7. The number of ether oxygens (including phenoxy) is 3. The van der Waals surface area contributed by atoms with Gasteiger partial charge in [0, 0.05) is 17.3 Å². The molecule has 0 radical (unpaired) electrons. The van der Waals surface area contributed by atoms with E-state index in [-0.39, 0.29) is 0 Å². The van der Waals surface area contributed by atoms with Gasteiger partial charge in [0.25, 0.3) is 0 Å². The minimum Gasteiger partial charge on any atom is -0.493 e. The van der Waals surface area contributed by atoms with Crippen molar-refractivity contribution in [1.29, 1.82) is 0 Å². The van der Waals surface area contributed by atoms with Gasteiger partial charge in [-0.05, 0) is 30.3 Å². The standard InChI is InChI=1S/C20H20N4O4/c1-26-17-10-9-14(11-18(17)27-2)19-15(12-21-22-20(25)28-3)13-24(23-19)16-7-5-4-6-8-16/h4-13H,1-3H3,(H,22,25). The Labute approximate surface area is 162 Å². The summed E-state index contributed by atoms with van der Waals surface area (Å²) in [7, 11) is 4.43. The first-order chi connectivity index (χ1) is 13.7. The molecule has 1 aromatic heterocycles. The van der Waals surface area contributed by atoms with Crippen LogP contribution in [0.5, 0.6) is 11.5 Å². The second-order valence-corrected chi connectivity index (χ2v) is 5.64. The zero-order valence-corrected chi connectivity index (χ0v) is 15.7. The number of carbonyl (C=O) groups excluding carboxylic acids is 1. The van der Waals surface area contributed by atoms with E-state index in [9.17, 15) is 4.79 Å². The van der Waals surface area contributed by atoms with Gasteiger partial charge in [0.05, 0.1) is 33.2 Å². The fourth-order valence-corrected chi connectivity index (χ4v) is 2.60. The third-order valence-corrected chi connectivity index (χ3v) is 3.97. The van der Waals surface area contributed by atoms with E-state index in [2.05, 4.69) is 20.4 Å². The van der Waals surface area contributed by atoms with Crippen LogP contribution in [0.3, 0.4) is 0 Å². The average Bonchev–Trinajstić information content (AvgIpc) is 3.17. The molecule has 0 aliphatic carbocycles. The van der Waals surface area contributed by atoms with Crippen molar-refractivity contribution in [2.75, 3.05) is 21.3 Å². The first-order valence-electron chi connectivity index (χ1n) is 8.40. The van der Waals surface area contributed by atoms with Gasteiger partial charge in [-0.25, -0.2) is 14.9 Å². The molecule has 0 aliphatic heterocycles. The van der Waals surface area contributed by atoms with E-state index in [0.29, 0.717) is 22.8 Å². The fourth-order valence-electron chi connectivity index (χ4n) is 2.60. The first-order valence-corrected chi connectivity index (χ1v) is 8.40. The van der Waals surface area contributed by atoms with Crippen LogP contribution in [0.1, 0.15) is 5.56 Å². The van der Waals surface area contributed by atoms with E-state index in [1.54, 1.807) is 18.9 Å². The number of hydrogen-bond donors (Lipinski definition) is 1. The van der Waals surface area contributed by atoms with Gasteiger partial charge in [0.1, 0.15) is 5.69 Å². The average molecular weight is 380 g/mol. The van der Waals surface area contributed by atoms with E-state index < -0.39 is 6.09 Å². The number of para-hydroxylation sites is 1. The van der Waals surface area contributed by atoms with Crippen LogP contribution in [0.25, 0.3) is 16.9 Å². The number of benzene rings is 2. The van der Waals surface area contributed by atoms with Crippen molar-refractivity contribution in [3.63, 3.8) is 0 Å². The van der Waals surface area contributed by atoms with Gasteiger partial charge in [0.15, 0.2) is 11.5 Å². The summed E-state index contributed by atoms with van der Waals surface area (Å²) >= 11 is 0. The Bertz CT molecular complexity index is 983. The zero-order chi connectivity index (χ0) is 19.9. The van der Waals surface area contributed by atoms with Crippen LogP contribution in [0.15, 0.2) is 59.8 Å². The topological polar surface area (TPSA) is 87.0 Å².